The Labute approximate surface area is 224 Å². The van der Waals surface area contributed by atoms with E-state index < -0.39 is 11.5 Å². The van der Waals surface area contributed by atoms with Gasteiger partial charge in [0.2, 0.25) is 0 Å². The molecule has 0 atom stereocenters. The first-order valence-corrected chi connectivity index (χ1v) is 12.2. The first-order chi connectivity index (χ1) is 19.0. The van der Waals surface area contributed by atoms with Gasteiger partial charge < -0.3 is 25.5 Å². The van der Waals surface area contributed by atoms with Crippen molar-refractivity contribution in [2.45, 2.75) is 13.2 Å². The molecule has 0 saturated carbocycles. The first kappa shape index (κ1) is 25.3. The molecule has 8 heteroatoms. The summed E-state index contributed by atoms with van der Waals surface area (Å²) in [6.07, 6.45) is 0. The summed E-state index contributed by atoms with van der Waals surface area (Å²) in [5.41, 5.74) is 8.57. The highest BCUT2D eigenvalue weighted by atomic mass is 16.5. The summed E-state index contributed by atoms with van der Waals surface area (Å²) in [6.45, 7) is 0.542. The molecule has 0 spiro atoms. The lowest BCUT2D eigenvalue weighted by molar-refractivity contribution is 0.0946. The number of rotatable bonds is 8. The summed E-state index contributed by atoms with van der Waals surface area (Å²) in [5, 5.41) is 6.09. The van der Waals surface area contributed by atoms with E-state index in [2.05, 4.69) is 10.6 Å². The minimum Gasteiger partial charge on any atom is -0.489 e. The zero-order chi connectivity index (χ0) is 27.2. The molecule has 0 unspecified atom stereocenters. The number of anilines is 2. The fourth-order valence-corrected chi connectivity index (χ4v) is 3.94. The zero-order valence-electron chi connectivity index (χ0n) is 20.8. The van der Waals surface area contributed by atoms with Gasteiger partial charge in [0, 0.05) is 23.6 Å². The zero-order valence-corrected chi connectivity index (χ0v) is 20.8. The highest BCUT2D eigenvalue weighted by molar-refractivity contribution is 6.05. The molecule has 2 amide bonds. The molecule has 0 fully saturated rings. The van der Waals surface area contributed by atoms with Gasteiger partial charge in [-0.15, -0.1) is 0 Å². The molecule has 0 bridgehead atoms. The van der Waals surface area contributed by atoms with E-state index in [9.17, 15) is 14.4 Å². The molecule has 0 saturated heterocycles. The SMILES string of the molecule is Nc1ccccc1NC(=O)c1ccc(CNC(=O)c2cc3ccc(OCc4ccccc4)cc3oc2=O)cc1. The van der Waals surface area contributed by atoms with E-state index in [-0.39, 0.29) is 18.0 Å². The molecule has 0 aliphatic rings. The van der Waals surface area contributed by atoms with E-state index in [1.54, 1.807) is 66.7 Å². The third-order valence-electron chi connectivity index (χ3n) is 6.08. The van der Waals surface area contributed by atoms with Gasteiger partial charge in [-0.2, -0.15) is 0 Å². The smallest absolute Gasteiger partial charge is 0.349 e. The standard InChI is InChI=1S/C31H25N3O5/c32-26-8-4-5-9-27(26)34-29(35)22-12-10-20(11-13-22)18-33-30(36)25-16-23-14-15-24(17-28(23)39-31(25)37)38-19-21-6-2-1-3-7-21/h1-17H,18-19,32H2,(H,33,36)(H,34,35). The number of benzene rings is 4. The fraction of sp³-hybridized carbons (Fsp3) is 0.0645. The predicted octanol–water partition coefficient (Wildman–Crippen LogP) is 5.14. The van der Waals surface area contributed by atoms with Crippen molar-refractivity contribution in [3.8, 4) is 5.75 Å². The summed E-state index contributed by atoms with van der Waals surface area (Å²) < 4.78 is 11.2. The maximum Gasteiger partial charge on any atom is 0.349 e. The second kappa shape index (κ2) is 11.4. The topological polar surface area (TPSA) is 124 Å². The third-order valence-corrected chi connectivity index (χ3v) is 6.08. The molecular weight excluding hydrogens is 494 g/mol. The fourth-order valence-electron chi connectivity index (χ4n) is 3.94. The Bertz CT molecular complexity index is 1700. The van der Waals surface area contributed by atoms with Crippen LogP contribution in [-0.4, -0.2) is 11.8 Å². The van der Waals surface area contributed by atoms with Crippen molar-refractivity contribution < 1.29 is 18.7 Å². The van der Waals surface area contributed by atoms with Crippen LogP contribution >= 0.6 is 0 Å². The Kier molecular flexibility index (Phi) is 7.36. The lowest BCUT2D eigenvalue weighted by Gasteiger charge is -2.09. The van der Waals surface area contributed by atoms with Gasteiger partial charge in [0.15, 0.2) is 0 Å². The molecule has 0 aliphatic carbocycles. The summed E-state index contributed by atoms with van der Waals surface area (Å²) >= 11 is 0. The maximum absolute atomic E-state index is 12.7. The molecular formula is C31H25N3O5. The molecule has 5 rings (SSSR count). The number of hydrogen-bond donors (Lipinski definition) is 3. The highest BCUT2D eigenvalue weighted by Crippen LogP contribution is 2.22. The average Bonchev–Trinajstić information content (AvgIpc) is 2.96. The van der Waals surface area contributed by atoms with E-state index in [4.69, 9.17) is 14.9 Å². The van der Waals surface area contributed by atoms with Gasteiger partial charge in [-0.25, -0.2) is 4.79 Å². The van der Waals surface area contributed by atoms with E-state index >= 15 is 0 Å². The minimum atomic E-state index is -0.743. The number of nitrogens with one attached hydrogen (secondary N) is 2. The van der Waals surface area contributed by atoms with Crippen LogP contribution < -0.4 is 26.7 Å². The van der Waals surface area contributed by atoms with Gasteiger partial charge in [-0.1, -0.05) is 54.6 Å². The van der Waals surface area contributed by atoms with Crippen LogP contribution in [0.2, 0.25) is 0 Å². The molecule has 5 aromatic rings. The van der Waals surface area contributed by atoms with Crippen LogP contribution in [0.3, 0.4) is 0 Å². The van der Waals surface area contributed by atoms with Crippen molar-refractivity contribution in [1.29, 1.82) is 0 Å². The number of nitrogens with two attached hydrogens (primary N) is 1. The highest BCUT2D eigenvalue weighted by Gasteiger charge is 2.15. The van der Waals surface area contributed by atoms with Crippen LogP contribution in [0.25, 0.3) is 11.0 Å². The molecule has 8 nitrogen and oxygen atoms in total. The second-order valence-electron chi connectivity index (χ2n) is 8.84. The van der Waals surface area contributed by atoms with E-state index in [1.165, 1.54) is 6.07 Å². The van der Waals surface area contributed by atoms with Crippen molar-refractivity contribution in [2.75, 3.05) is 11.1 Å². The Morgan fingerprint density at radius 1 is 0.795 bits per heavy atom. The van der Waals surface area contributed by atoms with E-state index in [1.807, 2.05) is 30.3 Å². The Balaban J connectivity index is 1.20. The molecule has 0 aliphatic heterocycles. The van der Waals surface area contributed by atoms with Crippen LogP contribution in [0, 0.1) is 0 Å². The Morgan fingerprint density at radius 3 is 2.31 bits per heavy atom. The van der Waals surface area contributed by atoms with Crippen molar-refractivity contribution in [3.63, 3.8) is 0 Å². The summed E-state index contributed by atoms with van der Waals surface area (Å²) in [5.74, 6) is -0.307. The van der Waals surface area contributed by atoms with Gasteiger partial charge in [-0.05, 0) is 53.6 Å². The van der Waals surface area contributed by atoms with Crippen LogP contribution in [0.5, 0.6) is 5.75 Å². The molecule has 4 aromatic carbocycles. The first-order valence-electron chi connectivity index (χ1n) is 12.2. The molecule has 1 heterocycles. The average molecular weight is 520 g/mol. The second-order valence-corrected chi connectivity index (χ2v) is 8.84. The van der Waals surface area contributed by atoms with Gasteiger partial charge in [0.1, 0.15) is 23.5 Å². The van der Waals surface area contributed by atoms with Crippen LogP contribution in [-0.2, 0) is 13.2 Å². The summed E-state index contributed by atoms with van der Waals surface area (Å²) in [4.78, 5) is 37.8. The summed E-state index contributed by atoms with van der Waals surface area (Å²) in [7, 11) is 0. The Morgan fingerprint density at radius 2 is 1.54 bits per heavy atom. The lowest BCUT2D eigenvalue weighted by atomic mass is 10.1. The monoisotopic (exact) mass is 519 g/mol. The molecule has 39 heavy (non-hydrogen) atoms. The number of nitrogen functional groups attached to an aromatic ring is 1. The number of hydrogen-bond acceptors (Lipinski definition) is 6. The number of para-hydroxylation sites is 2. The number of fused-ring (bicyclic) bond motifs is 1. The van der Waals surface area contributed by atoms with Crippen LogP contribution in [0.1, 0.15) is 31.8 Å². The van der Waals surface area contributed by atoms with Crippen molar-refractivity contribution in [2.24, 2.45) is 0 Å². The maximum atomic E-state index is 12.7. The van der Waals surface area contributed by atoms with Crippen LogP contribution in [0.4, 0.5) is 11.4 Å². The largest absolute Gasteiger partial charge is 0.489 e. The third kappa shape index (κ3) is 6.14. The molecule has 194 valence electrons. The van der Waals surface area contributed by atoms with Gasteiger partial charge >= 0.3 is 5.63 Å². The van der Waals surface area contributed by atoms with E-state index in [0.717, 1.165) is 11.1 Å². The predicted molar refractivity (Wildman–Crippen MR) is 150 cm³/mol. The van der Waals surface area contributed by atoms with Gasteiger partial charge in [-0.3, -0.25) is 9.59 Å². The van der Waals surface area contributed by atoms with Crippen molar-refractivity contribution in [1.82, 2.24) is 5.32 Å². The number of amides is 2. The Hall–Kier alpha value is -5.37. The van der Waals surface area contributed by atoms with Gasteiger partial charge in [0.05, 0.1) is 11.4 Å². The molecule has 4 N–H and O–H groups in total. The van der Waals surface area contributed by atoms with Crippen molar-refractivity contribution >= 4 is 34.2 Å². The summed E-state index contributed by atoms with van der Waals surface area (Å²) in [6, 6.07) is 30.1. The van der Waals surface area contributed by atoms with Crippen LogP contribution in [0.15, 0.2) is 112 Å². The minimum absolute atomic E-state index is 0.100. The lowest BCUT2D eigenvalue weighted by Crippen LogP contribution is -2.27. The quantitative estimate of drug-likeness (QED) is 0.193. The molecule has 1 aromatic heterocycles. The molecule has 0 radical (unpaired) electrons. The normalized spacial score (nSPS) is 10.7. The van der Waals surface area contributed by atoms with E-state index in [0.29, 0.717) is 40.3 Å². The number of carbonyl (C=O) groups is 2. The number of ether oxygens (including phenoxy) is 1. The number of carbonyl (C=O) groups excluding carboxylic acids is 2. The van der Waals surface area contributed by atoms with Gasteiger partial charge in [0.25, 0.3) is 11.8 Å². The van der Waals surface area contributed by atoms with Crippen molar-refractivity contribution in [3.05, 3.63) is 136 Å².